The first-order valence-corrected chi connectivity index (χ1v) is 7.82. The van der Waals surface area contributed by atoms with E-state index in [1.165, 1.54) is 23.9 Å². The van der Waals surface area contributed by atoms with E-state index in [9.17, 15) is 13.2 Å². The summed E-state index contributed by atoms with van der Waals surface area (Å²) in [5.41, 5.74) is 0.961. The van der Waals surface area contributed by atoms with E-state index >= 15 is 0 Å². The van der Waals surface area contributed by atoms with E-state index in [2.05, 4.69) is 23.3 Å². The number of aromatic nitrogens is 2. The summed E-state index contributed by atoms with van der Waals surface area (Å²) in [5, 5.41) is 0. The molecule has 0 spiro atoms. The van der Waals surface area contributed by atoms with E-state index in [1.54, 1.807) is 18.3 Å². The molecule has 1 saturated heterocycles. The molecule has 0 radical (unpaired) electrons. The van der Waals surface area contributed by atoms with Gasteiger partial charge in [0.05, 0.1) is 17.9 Å². The van der Waals surface area contributed by atoms with Gasteiger partial charge in [0.25, 0.3) is 0 Å². The van der Waals surface area contributed by atoms with E-state index in [-0.39, 0.29) is 5.75 Å². The van der Waals surface area contributed by atoms with Gasteiger partial charge in [0.2, 0.25) is 0 Å². The molecule has 0 atom stereocenters. The van der Waals surface area contributed by atoms with E-state index < -0.39 is 6.36 Å². The lowest BCUT2D eigenvalue weighted by atomic mass is 10.2. The summed E-state index contributed by atoms with van der Waals surface area (Å²) >= 11 is 1.19. The Balaban J connectivity index is 1.50. The van der Waals surface area contributed by atoms with Gasteiger partial charge < -0.3 is 9.64 Å². The number of alkyl halides is 3. The lowest BCUT2D eigenvalue weighted by Gasteiger charge is -2.34. The van der Waals surface area contributed by atoms with E-state index in [1.807, 2.05) is 0 Å². The van der Waals surface area contributed by atoms with Crippen molar-refractivity contribution in [1.82, 2.24) is 13.6 Å². The van der Waals surface area contributed by atoms with Crippen LogP contribution in [-0.2, 0) is 6.54 Å². The number of anilines is 1. The van der Waals surface area contributed by atoms with Crippen LogP contribution in [0.15, 0.2) is 30.5 Å². The number of piperazine rings is 1. The average molecular weight is 344 g/mol. The minimum absolute atomic E-state index is 0.192. The molecule has 124 valence electrons. The van der Waals surface area contributed by atoms with Crippen molar-refractivity contribution in [2.24, 2.45) is 0 Å². The van der Waals surface area contributed by atoms with E-state index in [0.29, 0.717) is 6.54 Å². The second kappa shape index (κ2) is 6.71. The van der Waals surface area contributed by atoms with Gasteiger partial charge >= 0.3 is 6.36 Å². The molecule has 0 amide bonds. The first-order valence-electron chi connectivity index (χ1n) is 7.09. The summed E-state index contributed by atoms with van der Waals surface area (Å²) in [5.74, 6) is 0.713. The predicted octanol–water partition coefficient (Wildman–Crippen LogP) is 2.76. The van der Waals surface area contributed by atoms with Crippen molar-refractivity contribution < 1.29 is 17.9 Å². The number of ether oxygens (including phenoxy) is 1. The summed E-state index contributed by atoms with van der Waals surface area (Å²) < 4.78 is 48.5. The van der Waals surface area contributed by atoms with Gasteiger partial charge in [-0.3, -0.25) is 4.90 Å². The van der Waals surface area contributed by atoms with Crippen molar-refractivity contribution >= 4 is 17.5 Å². The highest BCUT2D eigenvalue weighted by Crippen LogP contribution is 2.23. The number of halogens is 3. The predicted molar refractivity (Wildman–Crippen MR) is 80.5 cm³/mol. The van der Waals surface area contributed by atoms with Crippen LogP contribution >= 0.6 is 11.7 Å². The second-order valence-corrected chi connectivity index (χ2v) is 5.78. The maximum atomic E-state index is 12.1. The van der Waals surface area contributed by atoms with Crippen LogP contribution in [0.5, 0.6) is 5.75 Å². The summed E-state index contributed by atoms with van der Waals surface area (Å²) in [6.07, 6.45) is -2.89. The summed E-state index contributed by atoms with van der Waals surface area (Å²) in [4.78, 5) is 4.44. The van der Waals surface area contributed by atoms with Crippen molar-refractivity contribution in [3.8, 4) is 5.75 Å². The Morgan fingerprint density at radius 3 is 2.35 bits per heavy atom. The lowest BCUT2D eigenvalue weighted by Crippen LogP contribution is -2.46. The molecule has 3 rings (SSSR count). The van der Waals surface area contributed by atoms with Crippen molar-refractivity contribution in [2.45, 2.75) is 12.9 Å². The number of hydrogen-bond acceptors (Lipinski definition) is 6. The first kappa shape index (κ1) is 16.0. The SMILES string of the molecule is FC(F)(F)Oc1ccc(CN2CCN(c3cnsn3)CC2)cc1. The smallest absolute Gasteiger partial charge is 0.406 e. The first-order chi connectivity index (χ1) is 11.0. The number of nitrogens with zero attached hydrogens (tertiary/aromatic N) is 4. The van der Waals surface area contributed by atoms with Gasteiger partial charge in [-0.15, -0.1) is 13.2 Å². The molecule has 1 aliphatic rings. The number of benzene rings is 1. The Morgan fingerprint density at radius 2 is 1.78 bits per heavy atom. The van der Waals surface area contributed by atoms with Crippen LogP contribution in [-0.4, -0.2) is 46.2 Å². The maximum Gasteiger partial charge on any atom is 0.573 e. The van der Waals surface area contributed by atoms with Crippen LogP contribution in [0.2, 0.25) is 0 Å². The van der Waals surface area contributed by atoms with Gasteiger partial charge in [0.15, 0.2) is 5.82 Å². The topological polar surface area (TPSA) is 41.5 Å². The van der Waals surface area contributed by atoms with Crippen LogP contribution in [0.3, 0.4) is 0 Å². The van der Waals surface area contributed by atoms with Gasteiger partial charge in [-0.25, -0.2) is 0 Å². The van der Waals surface area contributed by atoms with Gasteiger partial charge in [-0.2, -0.15) is 8.75 Å². The molecule has 2 aromatic rings. The Kier molecular flexibility index (Phi) is 4.67. The van der Waals surface area contributed by atoms with Crippen LogP contribution in [0.4, 0.5) is 19.0 Å². The molecule has 1 aliphatic heterocycles. The van der Waals surface area contributed by atoms with E-state index in [0.717, 1.165) is 37.6 Å². The Morgan fingerprint density at radius 1 is 1.09 bits per heavy atom. The molecule has 23 heavy (non-hydrogen) atoms. The van der Waals surface area contributed by atoms with Crippen LogP contribution in [0, 0.1) is 0 Å². The molecule has 0 N–H and O–H groups in total. The highest BCUT2D eigenvalue weighted by molar-refractivity contribution is 6.99. The summed E-state index contributed by atoms with van der Waals surface area (Å²) in [7, 11) is 0. The average Bonchev–Trinajstić information content (AvgIpc) is 3.03. The van der Waals surface area contributed by atoms with Crippen LogP contribution in [0.1, 0.15) is 5.56 Å². The number of rotatable bonds is 4. The molecule has 1 fully saturated rings. The zero-order valence-corrected chi connectivity index (χ0v) is 13.0. The quantitative estimate of drug-likeness (QED) is 0.853. The fourth-order valence-corrected chi connectivity index (χ4v) is 2.92. The molecular formula is C14H15F3N4OS. The van der Waals surface area contributed by atoms with E-state index in [4.69, 9.17) is 0 Å². The maximum absolute atomic E-state index is 12.1. The molecule has 0 aliphatic carbocycles. The van der Waals surface area contributed by atoms with Crippen molar-refractivity contribution in [3.05, 3.63) is 36.0 Å². The molecular weight excluding hydrogens is 329 g/mol. The van der Waals surface area contributed by atoms with Crippen LogP contribution < -0.4 is 9.64 Å². The molecule has 0 bridgehead atoms. The van der Waals surface area contributed by atoms with Gasteiger partial charge in [-0.05, 0) is 17.7 Å². The van der Waals surface area contributed by atoms with Crippen molar-refractivity contribution in [2.75, 3.05) is 31.1 Å². The van der Waals surface area contributed by atoms with Gasteiger partial charge in [0.1, 0.15) is 5.75 Å². The summed E-state index contributed by atoms with van der Waals surface area (Å²) in [6.45, 7) is 4.17. The lowest BCUT2D eigenvalue weighted by molar-refractivity contribution is -0.274. The second-order valence-electron chi connectivity index (χ2n) is 5.22. The molecule has 9 heteroatoms. The minimum atomic E-state index is -4.65. The largest absolute Gasteiger partial charge is 0.573 e. The Bertz CT molecular complexity index is 610. The molecule has 1 aromatic heterocycles. The molecule has 1 aromatic carbocycles. The number of hydrogen-bond donors (Lipinski definition) is 0. The zero-order chi connectivity index (χ0) is 16.3. The molecule has 2 heterocycles. The Hall–Kier alpha value is -1.87. The minimum Gasteiger partial charge on any atom is -0.406 e. The third-order valence-electron chi connectivity index (χ3n) is 3.61. The van der Waals surface area contributed by atoms with Crippen molar-refractivity contribution in [1.29, 1.82) is 0 Å². The highest BCUT2D eigenvalue weighted by atomic mass is 32.1. The standard InChI is InChI=1S/C14H15F3N4OS/c15-14(16,17)22-12-3-1-11(2-4-12)10-20-5-7-21(8-6-20)13-9-18-23-19-13/h1-4,9H,5-8,10H2. The third kappa shape index (κ3) is 4.55. The van der Waals surface area contributed by atoms with Crippen LogP contribution in [0.25, 0.3) is 0 Å². The fourth-order valence-electron chi connectivity index (χ4n) is 2.49. The molecule has 5 nitrogen and oxygen atoms in total. The zero-order valence-electron chi connectivity index (χ0n) is 12.2. The van der Waals surface area contributed by atoms with Gasteiger partial charge in [0, 0.05) is 32.7 Å². The normalized spacial score (nSPS) is 16.6. The fraction of sp³-hybridized carbons (Fsp3) is 0.429. The molecule has 0 unspecified atom stereocenters. The summed E-state index contributed by atoms with van der Waals surface area (Å²) in [6, 6.07) is 6.02. The Labute approximate surface area is 135 Å². The monoisotopic (exact) mass is 344 g/mol. The molecule has 0 saturated carbocycles. The van der Waals surface area contributed by atoms with Crippen molar-refractivity contribution in [3.63, 3.8) is 0 Å². The third-order valence-corrected chi connectivity index (χ3v) is 4.08. The van der Waals surface area contributed by atoms with Gasteiger partial charge in [-0.1, -0.05) is 12.1 Å². The highest BCUT2D eigenvalue weighted by Gasteiger charge is 2.31.